The maximum absolute atomic E-state index is 12.6. The van der Waals surface area contributed by atoms with E-state index in [-0.39, 0.29) is 12.0 Å². The average Bonchev–Trinajstić information content (AvgIpc) is 3.36. The van der Waals surface area contributed by atoms with Crippen molar-refractivity contribution in [2.45, 2.75) is 45.1 Å². The lowest BCUT2D eigenvalue weighted by Gasteiger charge is -2.12. The Hall–Kier alpha value is -3.15. The minimum absolute atomic E-state index is 0.0890. The second-order valence-electron chi connectivity index (χ2n) is 7.84. The maximum Gasteiger partial charge on any atom is 0.290 e. The van der Waals surface area contributed by atoms with Gasteiger partial charge >= 0.3 is 0 Å². The lowest BCUT2D eigenvalue weighted by molar-refractivity contribution is 0.0895. The zero-order chi connectivity index (χ0) is 19.8. The number of nitrogens with one attached hydrogen (secondary N) is 1. The second kappa shape index (κ2) is 7.35. The second-order valence-corrected chi connectivity index (χ2v) is 7.84. The Labute approximate surface area is 169 Å². The van der Waals surface area contributed by atoms with E-state index in [1.165, 1.54) is 0 Å². The molecule has 1 aromatic carbocycles. The molecule has 0 bridgehead atoms. The molecule has 0 saturated carbocycles. The lowest BCUT2D eigenvalue weighted by atomic mass is 9.96. The summed E-state index contributed by atoms with van der Waals surface area (Å²) >= 11 is 0. The van der Waals surface area contributed by atoms with E-state index in [0.717, 1.165) is 71.5 Å². The van der Waals surface area contributed by atoms with Crippen molar-refractivity contribution in [1.82, 2.24) is 15.5 Å². The van der Waals surface area contributed by atoms with E-state index in [1.54, 1.807) is 0 Å². The van der Waals surface area contributed by atoms with E-state index >= 15 is 0 Å². The number of benzene rings is 1. The van der Waals surface area contributed by atoms with Gasteiger partial charge in [-0.2, -0.15) is 0 Å². The first-order valence-corrected chi connectivity index (χ1v) is 10.2. The Bertz CT molecular complexity index is 1060. The number of carbonyl (C=O) groups excluding carboxylic acids is 1. The molecule has 1 amide bonds. The van der Waals surface area contributed by atoms with Crippen LogP contribution in [-0.2, 0) is 19.3 Å². The van der Waals surface area contributed by atoms with Crippen molar-refractivity contribution in [3.63, 3.8) is 0 Å². The van der Waals surface area contributed by atoms with Crippen molar-refractivity contribution in [3.05, 3.63) is 64.7 Å². The molecule has 0 unspecified atom stereocenters. The highest BCUT2D eigenvalue weighted by Crippen LogP contribution is 2.32. The van der Waals surface area contributed by atoms with Crippen LogP contribution in [0.2, 0.25) is 0 Å². The molecule has 5 rings (SSSR count). The van der Waals surface area contributed by atoms with E-state index in [1.807, 2.05) is 31.3 Å². The molecule has 3 aromatic rings. The lowest BCUT2D eigenvalue weighted by Crippen LogP contribution is -2.34. The number of hydrogen-bond acceptors (Lipinski definition) is 5. The fourth-order valence-electron chi connectivity index (χ4n) is 4.09. The predicted octanol–water partition coefficient (Wildman–Crippen LogP) is 3.66. The first kappa shape index (κ1) is 17.9. The molecular weight excluding hydrogens is 366 g/mol. The van der Waals surface area contributed by atoms with Crippen molar-refractivity contribution in [2.24, 2.45) is 0 Å². The Kier molecular flexibility index (Phi) is 4.54. The van der Waals surface area contributed by atoms with Crippen molar-refractivity contribution in [2.75, 3.05) is 6.54 Å². The molecule has 1 N–H and O–H groups in total. The van der Waals surface area contributed by atoms with E-state index in [4.69, 9.17) is 9.26 Å². The van der Waals surface area contributed by atoms with Gasteiger partial charge in [0.1, 0.15) is 11.9 Å². The third kappa shape index (κ3) is 3.50. The number of pyridine rings is 1. The summed E-state index contributed by atoms with van der Waals surface area (Å²) in [6.07, 6.45) is 6.48. The smallest absolute Gasteiger partial charge is 0.290 e. The maximum atomic E-state index is 12.6. The Morgan fingerprint density at radius 1 is 1.21 bits per heavy atom. The monoisotopic (exact) mass is 389 g/mol. The summed E-state index contributed by atoms with van der Waals surface area (Å²) in [4.78, 5) is 17.1. The van der Waals surface area contributed by atoms with Gasteiger partial charge < -0.3 is 14.6 Å². The van der Waals surface area contributed by atoms with Crippen LogP contribution in [-0.4, -0.2) is 28.7 Å². The minimum Gasteiger partial charge on any atom is -0.488 e. The molecule has 2 aromatic heterocycles. The molecule has 1 aliphatic heterocycles. The first-order chi connectivity index (χ1) is 14.2. The average molecular weight is 389 g/mol. The van der Waals surface area contributed by atoms with Gasteiger partial charge in [-0.3, -0.25) is 9.78 Å². The van der Waals surface area contributed by atoms with Gasteiger partial charge in [0.15, 0.2) is 0 Å². The van der Waals surface area contributed by atoms with Crippen molar-refractivity contribution in [1.29, 1.82) is 0 Å². The van der Waals surface area contributed by atoms with Crippen LogP contribution >= 0.6 is 0 Å². The fourth-order valence-corrected chi connectivity index (χ4v) is 4.09. The van der Waals surface area contributed by atoms with Crippen LogP contribution in [0.25, 0.3) is 11.3 Å². The molecule has 0 saturated heterocycles. The number of hydrogen-bond donors (Lipinski definition) is 1. The predicted molar refractivity (Wildman–Crippen MR) is 108 cm³/mol. The Balaban J connectivity index is 1.23. The van der Waals surface area contributed by atoms with E-state index in [2.05, 4.69) is 27.6 Å². The van der Waals surface area contributed by atoms with Crippen molar-refractivity contribution < 1.29 is 14.1 Å². The van der Waals surface area contributed by atoms with Gasteiger partial charge in [-0.1, -0.05) is 11.2 Å². The van der Waals surface area contributed by atoms with Crippen LogP contribution in [0.15, 0.2) is 41.1 Å². The van der Waals surface area contributed by atoms with Crippen LogP contribution in [0, 0.1) is 6.92 Å². The van der Waals surface area contributed by atoms with Crippen LogP contribution in [0.5, 0.6) is 5.75 Å². The van der Waals surface area contributed by atoms with Gasteiger partial charge in [-0.15, -0.1) is 0 Å². The molecular formula is C23H23N3O3. The molecule has 0 fully saturated rings. The van der Waals surface area contributed by atoms with E-state index in [0.29, 0.717) is 12.3 Å². The summed E-state index contributed by atoms with van der Waals surface area (Å²) in [6.45, 7) is 2.46. The highest BCUT2D eigenvalue weighted by molar-refractivity contribution is 5.93. The molecule has 6 nitrogen and oxygen atoms in total. The summed E-state index contributed by atoms with van der Waals surface area (Å²) in [6, 6.07) is 10.2. The molecule has 6 heteroatoms. The highest BCUT2D eigenvalue weighted by Gasteiger charge is 2.27. The largest absolute Gasteiger partial charge is 0.488 e. The summed E-state index contributed by atoms with van der Waals surface area (Å²) in [5, 5.41) is 7.02. The SMILES string of the molecule is Cc1ccc(-c2ccc3c(c2)C[C@H](CNC(=O)c2onc4c2CCCC4)O3)nc1. The molecule has 0 radical (unpaired) electrons. The van der Waals surface area contributed by atoms with Gasteiger partial charge in [-0.05, 0) is 68.0 Å². The van der Waals surface area contributed by atoms with Gasteiger partial charge in [0, 0.05) is 23.7 Å². The van der Waals surface area contributed by atoms with Crippen LogP contribution in [0.4, 0.5) is 0 Å². The van der Waals surface area contributed by atoms with Gasteiger partial charge in [0.05, 0.1) is 17.9 Å². The number of fused-ring (bicyclic) bond motifs is 2. The molecule has 3 heterocycles. The number of ether oxygens (including phenoxy) is 1. The summed E-state index contributed by atoms with van der Waals surface area (Å²) in [5.41, 5.74) is 6.21. The molecule has 148 valence electrons. The molecule has 0 spiro atoms. The fraction of sp³-hybridized carbons (Fsp3) is 0.348. The van der Waals surface area contributed by atoms with Crippen molar-refractivity contribution in [3.8, 4) is 17.0 Å². The topological polar surface area (TPSA) is 77.2 Å². The van der Waals surface area contributed by atoms with Gasteiger partial charge in [0.2, 0.25) is 5.76 Å². The van der Waals surface area contributed by atoms with Gasteiger partial charge in [0.25, 0.3) is 5.91 Å². The van der Waals surface area contributed by atoms with Crippen LogP contribution in [0.3, 0.4) is 0 Å². The number of aromatic nitrogens is 2. The number of amides is 1. The number of carbonyl (C=O) groups is 1. The molecule has 1 aliphatic carbocycles. The number of nitrogens with zero attached hydrogens (tertiary/aromatic N) is 2. The molecule has 29 heavy (non-hydrogen) atoms. The Morgan fingerprint density at radius 3 is 2.97 bits per heavy atom. The summed E-state index contributed by atoms with van der Waals surface area (Å²) in [5.74, 6) is 1.03. The molecule has 1 atom stereocenters. The first-order valence-electron chi connectivity index (χ1n) is 10.2. The minimum atomic E-state index is -0.204. The quantitative estimate of drug-likeness (QED) is 0.737. The van der Waals surface area contributed by atoms with E-state index in [9.17, 15) is 4.79 Å². The summed E-state index contributed by atoms with van der Waals surface area (Å²) < 4.78 is 11.3. The zero-order valence-corrected chi connectivity index (χ0v) is 16.4. The summed E-state index contributed by atoms with van der Waals surface area (Å²) in [7, 11) is 0. The standard InChI is InChI=1S/C23H23N3O3/c1-14-6-8-19(24-12-14)15-7-9-21-16(10-15)11-17(28-21)13-25-23(27)22-18-4-2-3-5-20(18)26-29-22/h6-10,12,17H,2-5,11,13H2,1H3,(H,25,27)/t17-/m1/s1. The third-order valence-electron chi connectivity index (χ3n) is 5.67. The third-order valence-corrected chi connectivity index (χ3v) is 5.67. The Morgan fingerprint density at radius 2 is 2.10 bits per heavy atom. The van der Waals surface area contributed by atoms with E-state index < -0.39 is 0 Å². The van der Waals surface area contributed by atoms with Gasteiger partial charge in [-0.25, -0.2) is 0 Å². The number of rotatable bonds is 4. The number of aryl methyl sites for hydroxylation is 2. The van der Waals surface area contributed by atoms with Crippen molar-refractivity contribution >= 4 is 5.91 Å². The normalized spacial score (nSPS) is 17.3. The highest BCUT2D eigenvalue weighted by atomic mass is 16.5. The van der Waals surface area contributed by atoms with Crippen LogP contribution in [0.1, 0.15) is 45.8 Å². The zero-order valence-electron chi connectivity index (χ0n) is 16.4. The van der Waals surface area contributed by atoms with Crippen LogP contribution < -0.4 is 10.1 Å². The molecule has 2 aliphatic rings.